The third kappa shape index (κ3) is 2.26. The number of allylic oxidation sites excluding steroid dienone is 3. The molecule has 1 heteroatoms. The van der Waals surface area contributed by atoms with Gasteiger partial charge in [-0.3, -0.25) is 0 Å². The summed E-state index contributed by atoms with van der Waals surface area (Å²) in [4.78, 5) is 0. The van der Waals surface area contributed by atoms with Gasteiger partial charge in [0.15, 0.2) is 0 Å². The molecule has 1 nitrogen and oxygen atoms in total. The Bertz CT molecular complexity index is 145. The summed E-state index contributed by atoms with van der Waals surface area (Å²) in [5.41, 5.74) is 1.39. The van der Waals surface area contributed by atoms with Gasteiger partial charge in [-0.15, -0.1) is 0 Å². The minimum atomic E-state index is 1.11. The standard InChI is InChI=1S/C9H15N/c1-2-3-8-10-9-6-4-5-7-9/h3,6,8,10H,2,4-5,7H2,1H3/b8-3+. The molecule has 0 aromatic rings. The van der Waals surface area contributed by atoms with Crippen molar-refractivity contribution in [1.29, 1.82) is 0 Å². The van der Waals surface area contributed by atoms with Gasteiger partial charge in [0.05, 0.1) is 0 Å². The predicted molar refractivity (Wildman–Crippen MR) is 44.5 cm³/mol. The van der Waals surface area contributed by atoms with Gasteiger partial charge in [0.2, 0.25) is 0 Å². The lowest BCUT2D eigenvalue weighted by molar-refractivity contribution is 0.864. The van der Waals surface area contributed by atoms with Crippen LogP contribution in [0, 0.1) is 0 Å². The Morgan fingerprint density at radius 3 is 3.20 bits per heavy atom. The van der Waals surface area contributed by atoms with Crippen LogP contribution < -0.4 is 5.32 Å². The molecule has 10 heavy (non-hydrogen) atoms. The van der Waals surface area contributed by atoms with Gasteiger partial charge in [-0.05, 0) is 31.9 Å². The number of hydrogen-bond acceptors (Lipinski definition) is 1. The first-order valence-corrected chi connectivity index (χ1v) is 4.04. The van der Waals surface area contributed by atoms with Crippen LogP contribution in [0.5, 0.6) is 0 Å². The molecule has 0 saturated carbocycles. The molecular weight excluding hydrogens is 122 g/mol. The highest BCUT2D eigenvalue weighted by Crippen LogP contribution is 2.14. The Labute approximate surface area is 62.8 Å². The van der Waals surface area contributed by atoms with E-state index in [9.17, 15) is 0 Å². The van der Waals surface area contributed by atoms with Crippen LogP contribution in [0.15, 0.2) is 24.0 Å². The van der Waals surface area contributed by atoms with Gasteiger partial charge in [0, 0.05) is 5.70 Å². The molecule has 1 rings (SSSR count). The van der Waals surface area contributed by atoms with E-state index in [2.05, 4.69) is 24.4 Å². The first-order valence-electron chi connectivity index (χ1n) is 4.04. The largest absolute Gasteiger partial charge is 0.366 e. The van der Waals surface area contributed by atoms with Gasteiger partial charge in [-0.1, -0.05) is 19.1 Å². The third-order valence-corrected chi connectivity index (χ3v) is 1.66. The molecule has 1 aliphatic rings. The molecule has 0 heterocycles. The van der Waals surface area contributed by atoms with E-state index in [1.165, 1.54) is 25.0 Å². The lowest BCUT2D eigenvalue weighted by Crippen LogP contribution is -2.00. The second kappa shape index (κ2) is 4.15. The van der Waals surface area contributed by atoms with Crippen LogP contribution in [0.3, 0.4) is 0 Å². The van der Waals surface area contributed by atoms with E-state index in [4.69, 9.17) is 0 Å². The Kier molecular flexibility index (Phi) is 3.07. The molecule has 0 bridgehead atoms. The molecule has 1 aliphatic carbocycles. The Balaban J connectivity index is 2.18. The monoisotopic (exact) mass is 137 g/mol. The van der Waals surface area contributed by atoms with E-state index >= 15 is 0 Å². The molecule has 0 saturated heterocycles. The average Bonchev–Trinajstić information content (AvgIpc) is 2.41. The van der Waals surface area contributed by atoms with Crippen LogP contribution >= 0.6 is 0 Å². The molecule has 0 spiro atoms. The Morgan fingerprint density at radius 2 is 2.60 bits per heavy atom. The van der Waals surface area contributed by atoms with Crippen molar-refractivity contribution in [2.24, 2.45) is 0 Å². The van der Waals surface area contributed by atoms with Crippen molar-refractivity contribution in [3.63, 3.8) is 0 Å². The van der Waals surface area contributed by atoms with Crippen LogP contribution in [0.4, 0.5) is 0 Å². The zero-order valence-corrected chi connectivity index (χ0v) is 6.56. The number of hydrogen-bond donors (Lipinski definition) is 1. The molecule has 0 aliphatic heterocycles. The van der Waals surface area contributed by atoms with Crippen molar-refractivity contribution in [3.8, 4) is 0 Å². The molecule has 0 amide bonds. The quantitative estimate of drug-likeness (QED) is 0.630. The van der Waals surface area contributed by atoms with Gasteiger partial charge in [0.25, 0.3) is 0 Å². The fourth-order valence-electron chi connectivity index (χ4n) is 1.09. The van der Waals surface area contributed by atoms with Crippen molar-refractivity contribution >= 4 is 0 Å². The smallest absolute Gasteiger partial charge is 0.0106 e. The molecule has 1 N–H and O–H groups in total. The summed E-state index contributed by atoms with van der Waals surface area (Å²) in [6, 6.07) is 0. The van der Waals surface area contributed by atoms with E-state index in [1.807, 2.05) is 6.20 Å². The summed E-state index contributed by atoms with van der Waals surface area (Å²) in [6.07, 6.45) is 11.4. The summed E-state index contributed by atoms with van der Waals surface area (Å²) in [6.45, 7) is 2.14. The van der Waals surface area contributed by atoms with Crippen molar-refractivity contribution in [2.45, 2.75) is 32.6 Å². The summed E-state index contributed by atoms with van der Waals surface area (Å²) >= 11 is 0. The van der Waals surface area contributed by atoms with Crippen LogP contribution in [-0.4, -0.2) is 0 Å². The van der Waals surface area contributed by atoms with Gasteiger partial charge in [0.1, 0.15) is 0 Å². The van der Waals surface area contributed by atoms with E-state index in [-0.39, 0.29) is 0 Å². The highest BCUT2D eigenvalue weighted by Gasteiger charge is 2.00. The van der Waals surface area contributed by atoms with Crippen molar-refractivity contribution in [2.75, 3.05) is 0 Å². The Hall–Kier alpha value is -0.720. The maximum atomic E-state index is 3.26. The molecule has 0 atom stereocenters. The highest BCUT2D eigenvalue weighted by molar-refractivity contribution is 5.07. The Morgan fingerprint density at radius 1 is 1.70 bits per heavy atom. The molecule has 0 fully saturated rings. The zero-order chi connectivity index (χ0) is 7.23. The third-order valence-electron chi connectivity index (χ3n) is 1.66. The second-order valence-electron chi connectivity index (χ2n) is 2.58. The predicted octanol–water partition coefficient (Wildman–Crippen LogP) is 2.57. The van der Waals surface area contributed by atoms with Crippen molar-refractivity contribution < 1.29 is 0 Å². The van der Waals surface area contributed by atoms with Crippen molar-refractivity contribution in [1.82, 2.24) is 5.32 Å². The van der Waals surface area contributed by atoms with E-state index in [1.54, 1.807) is 0 Å². The maximum absolute atomic E-state index is 3.26. The fraction of sp³-hybridized carbons (Fsp3) is 0.556. The summed E-state index contributed by atoms with van der Waals surface area (Å²) in [5.74, 6) is 0. The first kappa shape index (κ1) is 7.39. The topological polar surface area (TPSA) is 12.0 Å². The van der Waals surface area contributed by atoms with Crippen LogP contribution in [-0.2, 0) is 0 Å². The van der Waals surface area contributed by atoms with Crippen molar-refractivity contribution in [3.05, 3.63) is 24.0 Å². The maximum Gasteiger partial charge on any atom is 0.0106 e. The normalized spacial score (nSPS) is 17.9. The fourth-order valence-corrected chi connectivity index (χ4v) is 1.09. The minimum Gasteiger partial charge on any atom is -0.366 e. The average molecular weight is 137 g/mol. The van der Waals surface area contributed by atoms with Gasteiger partial charge in [-0.25, -0.2) is 0 Å². The SMILES string of the molecule is CC/C=C/NC1=CCCC1. The van der Waals surface area contributed by atoms with Crippen LogP contribution in [0.1, 0.15) is 32.6 Å². The number of nitrogens with one attached hydrogen (secondary N) is 1. The summed E-state index contributed by atoms with van der Waals surface area (Å²) in [5, 5.41) is 3.26. The van der Waals surface area contributed by atoms with E-state index < -0.39 is 0 Å². The molecule has 0 aromatic heterocycles. The molecular formula is C9H15N. The van der Waals surface area contributed by atoms with Gasteiger partial charge >= 0.3 is 0 Å². The molecule has 0 aromatic carbocycles. The molecule has 0 radical (unpaired) electrons. The van der Waals surface area contributed by atoms with E-state index in [0.29, 0.717) is 0 Å². The van der Waals surface area contributed by atoms with E-state index in [0.717, 1.165) is 6.42 Å². The minimum absolute atomic E-state index is 1.11. The summed E-state index contributed by atoms with van der Waals surface area (Å²) in [7, 11) is 0. The van der Waals surface area contributed by atoms with Crippen LogP contribution in [0.25, 0.3) is 0 Å². The number of rotatable bonds is 3. The summed E-state index contributed by atoms with van der Waals surface area (Å²) < 4.78 is 0. The van der Waals surface area contributed by atoms with Gasteiger partial charge < -0.3 is 5.32 Å². The second-order valence-corrected chi connectivity index (χ2v) is 2.58. The molecule has 56 valence electrons. The lowest BCUT2D eigenvalue weighted by atomic mass is 10.3. The van der Waals surface area contributed by atoms with Crippen LogP contribution in [0.2, 0.25) is 0 Å². The highest BCUT2D eigenvalue weighted by atomic mass is 14.8. The lowest BCUT2D eigenvalue weighted by Gasteiger charge is -1.98. The zero-order valence-electron chi connectivity index (χ0n) is 6.56. The molecule has 0 unspecified atom stereocenters. The first-order chi connectivity index (χ1) is 4.93. The van der Waals surface area contributed by atoms with Gasteiger partial charge in [-0.2, -0.15) is 0 Å².